The van der Waals surface area contributed by atoms with E-state index < -0.39 is 17.7 Å². The molecule has 0 aliphatic carbocycles. The number of carbonyl (C=O) groups is 2. The highest BCUT2D eigenvalue weighted by Crippen LogP contribution is 2.43. The highest BCUT2D eigenvalue weighted by Gasteiger charge is 2.48. The second-order valence-electron chi connectivity index (χ2n) is 8.48. The van der Waals surface area contributed by atoms with Crippen molar-refractivity contribution in [2.24, 2.45) is 0 Å². The summed E-state index contributed by atoms with van der Waals surface area (Å²) in [7, 11) is 0. The maximum atomic E-state index is 13.2. The summed E-state index contributed by atoms with van der Waals surface area (Å²) in [6.07, 6.45) is 3.20. The van der Waals surface area contributed by atoms with Crippen molar-refractivity contribution in [2.75, 3.05) is 11.5 Å². The van der Waals surface area contributed by atoms with Crippen LogP contribution in [0.5, 0.6) is 5.75 Å². The second kappa shape index (κ2) is 10.00. The highest BCUT2D eigenvalue weighted by atomic mass is 16.5. The number of unbranched alkanes of at least 4 members (excludes halogenated alkanes) is 2. The van der Waals surface area contributed by atoms with E-state index in [1.54, 1.807) is 49.4 Å². The van der Waals surface area contributed by atoms with Gasteiger partial charge in [0.15, 0.2) is 0 Å². The van der Waals surface area contributed by atoms with Crippen LogP contribution in [0.2, 0.25) is 0 Å². The molecule has 0 radical (unpaired) electrons. The van der Waals surface area contributed by atoms with Crippen LogP contribution < -0.4 is 9.64 Å². The van der Waals surface area contributed by atoms with Crippen molar-refractivity contribution in [1.29, 1.82) is 0 Å². The number of aliphatic hydroxyl groups excluding tert-OH is 1. The predicted molar refractivity (Wildman–Crippen MR) is 131 cm³/mol. The molecule has 6 heteroatoms. The molecule has 1 aliphatic rings. The first kappa shape index (κ1) is 23.4. The average molecular weight is 460 g/mol. The first-order valence-electron chi connectivity index (χ1n) is 11.6. The van der Waals surface area contributed by atoms with Crippen LogP contribution in [0.25, 0.3) is 5.76 Å². The molecular formula is C28H29NO5. The minimum Gasteiger partial charge on any atom is -0.507 e. The molecule has 1 aromatic heterocycles. The summed E-state index contributed by atoms with van der Waals surface area (Å²) >= 11 is 0. The Morgan fingerprint density at radius 3 is 2.38 bits per heavy atom. The van der Waals surface area contributed by atoms with Gasteiger partial charge in [0, 0.05) is 11.3 Å². The molecule has 0 spiro atoms. The van der Waals surface area contributed by atoms with Gasteiger partial charge in [0.1, 0.15) is 29.1 Å². The van der Waals surface area contributed by atoms with Crippen LogP contribution in [-0.2, 0) is 9.59 Å². The summed E-state index contributed by atoms with van der Waals surface area (Å²) in [6.45, 7) is 6.43. The first-order valence-corrected chi connectivity index (χ1v) is 11.6. The smallest absolute Gasteiger partial charge is 0.300 e. The van der Waals surface area contributed by atoms with Crippen molar-refractivity contribution in [1.82, 2.24) is 0 Å². The van der Waals surface area contributed by atoms with E-state index in [1.165, 1.54) is 4.90 Å². The summed E-state index contributed by atoms with van der Waals surface area (Å²) in [5.41, 5.74) is 1.86. The summed E-state index contributed by atoms with van der Waals surface area (Å²) in [5.74, 6) is 0.0510. The Hall–Kier alpha value is -3.80. The zero-order chi connectivity index (χ0) is 24.2. The van der Waals surface area contributed by atoms with Crippen molar-refractivity contribution in [3.63, 3.8) is 0 Å². The number of anilines is 1. The normalized spacial score (nSPS) is 17.4. The summed E-state index contributed by atoms with van der Waals surface area (Å²) in [6, 6.07) is 16.9. The van der Waals surface area contributed by atoms with Gasteiger partial charge < -0.3 is 14.3 Å². The molecule has 1 fully saturated rings. The van der Waals surface area contributed by atoms with Gasteiger partial charge in [-0.1, -0.05) is 38.0 Å². The fraction of sp³-hybridized carbons (Fsp3) is 0.286. The Balaban J connectivity index is 1.75. The predicted octanol–water partition coefficient (Wildman–Crippen LogP) is 6.09. The molecule has 1 unspecified atom stereocenters. The van der Waals surface area contributed by atoms with Crippen LogP contribution in [-0.4, -0.2) is 23.4 Å². The summed E-state index contributed by atoms with van der Waals surface area (Å²) < 4.78 is 11.6. The Bertz CT molecular complexity index is 1220. The number of ether oxygens (including phenoxy) is 1. The van der Waals surface area contributed by atoms with Crippen molar-refractivity contribution in [3.8, 4) is 5.75 Å². The van der Waals surface area contributed by atoms with Gasteiger partial charge in [0.25, 0.3) is 11.7 Å². The molecular weight excluding hydrogens is 430 g/mol. The molecule has 176 valence electrons. The molecule has 1 aliphatic heterocycles. The van der Waals surface area contributed by atoms with Crippen molar-refractivity contribution in [3.05, 3.63) is 88.9 Å². The molecule has 0 saturated carbocycles. The quantitative estimate of drug-likeness (QED) is 0.191. The van der Waals surface area contributed by atoms with Crippen LogP contribution >= 0.6 is 0 Å². The second-order valence-corrected chi connectivity index (χ2v) is 8.48. The number of ketones is 1. The highest BCUT2D eigenvalue weighted by molar-refractivity contribution is 6.51. The average Bonchev–Trinajstić information content (AvgIpc) is 3.38. The van der Waals surface area contributed by atoms with Gasteiger partial charge in [0.2, 0.25) is 0 Å². The topological polar surface area (TPSA) is 80.0 Å². The van der Waals surface area contributed by atoms with Gasteiger partial charge in [-0.15, -0.1) is 0 Å². The van der Waals surface area contributed by atoms with Crippen molar-refractivity contribution >= 4 is 23.1 Å². The van der Waals surface area contributed by atoms with Gasteiger partial charge in [0.05, 0.1) is 12.2 Å². The fourth-order valence-electron chi connectivity index (χ4n) is 4.19. The third-order valence-corrected chi connectivity index (χ3v) is 5.99. The number of carbonyl (C=O) groups excluding carboxylic acids is 2. The molecule has 2 aromatic carbocycles. The number of amides is 1. The van der Waals surface area contributed by atoms with Gasteiger partial charge >= 0.3 is 0 Å². The Kier molecular flexibility index (Phi) is 6.87. The monoisotopic (exact) mass is 459 g/mol. The summed E-state index contributed by atoms with van der Waals surface area (Å²) in [5, 5.41) is 11.2. The van der Waals surface area contributed by atoms with Crippen molar-refractivity contribution in [2.45, 2.75) is 46.1 Å². The third kappa shape index (κ3) is 4.49. The van der Waals surface area contributed by atoms with Crippen LogP contribution in [0.1, 0.15) is 54.9 Å². The maximum Gasteiger partial charge on any atom is 0.300 e. The molecule has 4 rings (SSSR count). The zero-order valence-electron chi connectivity index (χ0n) is 19.7. The largest absolute Gasteiger partial charge is 0.507 e. The SMILES string of the molecule is CCCCCOc1ccc(/C(O)=C2/C(=O)C(=O)N(c3ccccc3C)C2c2ccc(C)o2)cc1. The summed E-state index contributed by atoms with van der Waals surface area (Å²) in [4.78, 5) is 27.8. The number of Topliss-reactive ketones (excluding diaryl/α,β-unsaturated/α-hetero) is 1. The molecule has 1 atom stereocenters. The van der Waals surface area contributed by atoms with E-state index in [4.69, 9.17) is 9.15 Å². The number of nitrogens with zero attached hydrogens (tertiary/aromatic N) is 1. The first-order chi connectivity index (χ1) is 16.4. The number of para-hydroxylation sites is 1. The number of hydrogen-bond donors (Lipinski definition) is 1. The van der Waals surface area contributed by atoms with E-state index in [1.807, 2.05) is 25.1 Å². The van der Waals surface area contributed by atoms with Crippen LogP contribution in [0.3, 0.4) is 0 Å². The van der Waals surface area contributed by atoms with Gasteiger partial charge in [-0.05, 0) is 68.3 Å². The molecule has 1 N–H and O–H groups in total. The van der Waals surface area contributed by atoms with Gasteiger partial charge in [-0.2, -0.15) is 0 Å². The van der Waals surface area contributed by atoms with E-state index >= 15 is 0 Å². The Morgan fingerprint density at radius 1 is 1.00 bits per heavy atom. The van der Waals surface area contributed by atoms with E-state index in [0.717, 1.165) is 24.8 Å². The molecule has 0 bridgehead atoms. The van der Waals surface area contributed by atoms with Crippen LogP contribution in [0, 0.1) is 13.8 Å². The lowest BCUT2D eigenvalue weighted by Gasteiger charge is -2.25. The van der Waals surface area contributed by atoms with E-state index in [-0.39, 0.29) is 11.3 Å². The fourth-order valence-corrected chi connectivity index (χ4v) is 4.19. The number of furan rings is 1. The Morgan fingerprint density at radius 2 is 1.74 bits per heavy atom. The van der Waals surface area contributed by atoms with Gasteiger partial charge in [-0.3, -0.25) is 14.5 Å². The Labute approximate surface area is 199 Å². The maximum absolute atomic E-state index is 13.2. The number of hydrogen-bond acceptors (Lipinski definition) is 5. The number of aryl methyl sites for hydroxylation is 2. The molecule has 1 saturated heterocycles. The number of aliphatic hydroxyl groups is 1. The number of benzene rings is 2. The standard InChI is InChI=1S/C28H29NO5/c1-4-5-8-17-33-21-14-12-20(13-15-21)26(30)24-25(23-16-11-19(3)34-23)29(28(32)27(24)31)22-10-7-6-9-18(22)2/h6-7,9-16,25,30H,4-5,8,17H2,1-3H3/b26-24-. The van der Waals surface area contributed by atoms with E-state index in [9.17, 15) is 14.7 Å². The molecule has 2 heterocycles. The lowest BCUT2D eigenvalue weighted by molar-refractivity contribution is -0.132. The lowest BCUT2D eigenvalue weighted by Crippen LogP contribution is -2.29. The third-order valence-electron chi connectivity index (χ3n) is 5.99. The van der Waals surface area contributed by atoms with Crippen LogP contribution in [0.15, 0.2) is 70.7 Å². The minimum atomic E-state index is -0.875. The number of rotatable bonds is 8. The molecule has 3 aromatic rings. The van der Waals surface area contributed by atoms with Crippen LogP contribution in [0.4, 0.5) is 5.69 Å². The lowest BCUT2D eigenvalue weighted by atomic mass is 9.99. The van der Waals surface area contributed by atoms with E-state index in [2.05, 4.69) is 6.92 Å². The van der Waals surface area contributed by atoms with Crippen molar-refractivity contribution < 1.29 is 23.8 Å². The van der Waals surface area contributed by atoms with Gasteiger partial charge in [-0.25, -0.2) is 0 Å². The zero-order valence-corrected chi connectivity index (χ0v) is 19.7. The minimum absolute atomic E-state index is 0.000725. The molecule has 1 amide bonds. The van der Waals surface area contributed by atoms with E-state index in [0.29, 0.717) is 35.1 Å². The molecule has 34 heavy (non-hydrogen) atoms. The molecule has 6 nitrogen and oxygen atoms in total.